The molecule has 0 saturated carbocycles. The van der Waals surface area contributed by atoms with Crippen molar-refractivity contribution in [3.63, 3.8) is 0 Å². The molecule has 2 atom stereocenters. The molecule has 3 rings (SSSR count). The van der Waals surface area contributed by atoms with Gasteiger partial charge in [-0.25, -0.2) is 4.98 Å². The Morgan fingerprint density at radius 3 is 2.95 bits per heavy atom. The van der Waals surface area contributed by atoms with Gasteiger partial charge in [0.05, 0.1) is 6.10 Å². The molecule has 108 valence electrons. The molecule has 3 heterocycles. The van der Waals surface area contributed by atoms with Crippen LogP contribution >= 0.6 is 0 Å². The first kappa shape index (κ1) is 13.3. The van der Waals surface area contributed by atoms with E-state index >= 15 is 0 Å². The lowest BCUT2D eigenvalue weighted by atomic mass is 10.2. The Labute approximate surface area is 117 Å². The second kappa shape index (κ2) is 4.99. The maximum Gasteiger partial charge on any atom is 0.203 e. The number of likely N-dealkylation sites (N-methyl/N-ethyl adjacent to an activating group) is 1. The molecular formula is C13H20N6O. The zero-order valence-electron chi connectivity index (χ0n) is 12.1. The normalized spacial score (nSPS) is 23.1. The van der Waals surface area contributed by atoms with E-state index in [-0.39, 0.29) is 12.1 Å². The zero-order chi connectivity index (χ0) is 14.3. The monoisotopic (exact) mass is 276 g/mol. The molecule has 2 aromatic rings. The topological polar surface area (TPSA) is 69.8 Å². The summed E-state index contributed by atoms with van der Waals surface area (Å²) >= 11 is 0. The van der Waals surface area contributed by atoms with Gasteiger partial charge in [0.2, 0.25) is 5.65 Å². The van der Waals surface area contributed by atoms with E-state index in [4.69, 9.17) is 0 Å². The smallest absolute Gasteiger partial charge is 0.203 e. The van der Waals surface area contributed by atoms with Crippen molar-refractivity contribution in [3.05, 3.63) is 18.2 Å². The summed E-state index contributed by atoms with van der Waals surface area (Å²) in [6, 6.07) is 0.246. The van der Waals surface area contributed by atoms with Gasteiger partial charge in [0.25, 0.3) is 0 Å². The summed E-state index contributed by atoms with van der Waals surface area (Å²) < 4.78 is 1.93. The van der Waals surface area contributed by atoms with Gasteiger partial charge in [-0.3, -0.25) is 4.40 Å². The fraction of sp³-hybridized carbons (Fsp3) is 0.615. The van der Waals surface area contributed by atoms with Crippen molar-refractivity contribution in [1.82, 2.24) is 24.5 Å². The summed E-state index contributed by atoms with van der Waals surface area (Å²) in [5, 5.41) is 18.3. The first-order valence-electron chi connectivity index (χ1n) is 6.82. The van der Waals surface area contributed by atoms with Gasteiger partial charge >= 0.3 is 0 Å². The third kappa shape index (κ3) is 2.23. The Bertz CT molecular complexity index is 610. The van der Waals surface area contributed by atoms with Gasteiger partial charge in [0.1, 0.15) is 5.82 Å². The minimum Gasteiger partial charge on any atom is -0.391 e. The second-order valence-corrected chi connectivity index (χ2v) is 5.65. The molecule has 0 spiro atoms. The number of aromatic nitrogens is 4. The first-order chi connectivity index (χ1) is 9.56. The van der Waals surface area contributed by atoms with Gasteiger partial charge in [-0.05, 0) is 27.4 Å². The molecule has 1 N–H and O–H groups in total. The van der Waals surface area contributed by atoms with Crippen LogP contribution in [-0.2, 0) is 0 Å². The van der Waals surface area contributed by atoms with Gasteiger partial charge in [-0.2, -0.15) is 0 Å². The van der Waals surface area contributed by atoms with Gasteiger partial charge in [0.15, 0.2) is 5.82 Å². The third-order valence-corrected chi connectivity index (χ3v) is 3.72. The number of anilines is 1. The SMILES string of the molecule is Cc1nnc2c(N3CC(O)CC3CN(C)C)nccn12. The molecule has 1 aliphatic rings. The summed E-state index contributed by atoms with van der Waals surface area (Å²) in [7, 11) is 4.08. The number of aliphatic hydroxyl groups excluding tert-OH is 1. The third-order valence-electron chi connectivity index (χ3n) is 3.72. The van der Waals surface area contributed by atoms with E-state index < -0.39 is 0 Å². The fourth-order valence-electron chi connectivity index (χ4n) is 2.88. The van der Waals surface area contributed by atoms with Crippen molar-refractivity contribution in [2.24, 2.45) is 0 Å². The van der Waals surface area contributed by atoms with Gasteiger partial charge in [-0.1, -0.05) is 0 Å². The van der Waals surface area contributed by atoms with E-state index in [1.165, 1.54) is 0 Å². The summed E-state index contributed by atoms with van der Waals surface area (Å²) in [6.07, 6.45) is 4.07. The maximum absolute atomic E-state index is 9.99. The molecule has 0 aromatic carbocycles. The molecule has 2 aromatic heterocycles. The Balaban J connectivity index is 2.00. The predicted octanol–water partition coefficient (Wildman–Crippen LogP) is -0.0661. The highest BCUT2D eigenvalue weighted by Crippen LogP contribution is 2.27. The van der Waals surface area contributed by atoms with Crippen molar-refractivity contribution in [3.8, 4) is 0 Å². The van der Waals surface area contributed by atoms with E-state index in [0.29, 0.717) is 6.54 Å². The molecule has 1 saturated heterocycles. The van der Waals surface area contributed by atoms with Crippen LogP contribution in [0.5, 0.6) is 0 Å². The summed E-state index contributed by atoms with van der Waals surface area (Å²) in [4.78, 5) is 8.74. The van der Waals surface area contributed by atoms with Crippen LogP contribution in [0.15, 0.2) is 12.4 Å². The fourth-order valence-corrected chi connectivity index (χ4v) is 2.88. The quantitative estimate of drug-likeness (QED) is 0.846. The molecule has 2 unspecified atom stereocenters. The highest BCUT2D eigenvalue weighted by molar-refractivity contribution is 5.65. The molecule has 0 aliphatic carbocycles. The van der Waals surface area contributed by atoms with Crippen molar-refractivity contribution in [2.75, 3.05) is 32.1 Å². The van der Waals surface area contributed by atoms with E-state index in [0.717, 1.165) is 30.3 Å². The summed E-state index contributed by atoms with van der Waals surface area (Å²) in [6.45, 7) is 3.39. The lowest BCUT2D eigenvalue weighted by Gasteiger charge is -2.27. The van der Waals surface area contributed by atoms with E-state index in [2.05, 4.69) is 25.0 Å². The largest absolute Gasteiger partial charge is 0.391 e. The number of hydrogen-bond donors (Lipinski definition) is 1. The lowest BCUT2D eigenvalue weighted by Crippen LogP contribution is -2.38. The molecule has 1 aliphatic heterocycles. The Morgan fingerprint density at radius 1 is 1.40 bits per heavy atom. The van der Waals surface area contributed by atoms with E-state index in [1.807, 2.05) is 31.6 Å². The van der Waals surface area contributed by atoms with E-state index in [9.17, 15) is 5.11 Å². The summed E-state index contributed by atoms with van der Waals surface area (Å²) in [5.74, 6) is 1.64. The molecule has 7 heteroatoms. The van der Waals surface area contributed by atoms with Crippen LogP contribution in [0.4, 0.5) is 5.82 Å². The van der Waals surface area contributed by atoms with Gasteiger partial charge < -0.3 is 14.9 Å². The Kier molecular flexibility index (Phi) is 3.31. The minimum atomic E-state index is -0.314. The van der Waals surface area contributed by atoms with Crippen LogP contribution in [0, 0.1) is 6.92 Å². The molecular weight excluding hydrogens is 256 g/mol. The molecule has 0 radical (unpaired) electrons. The number of rotatable bonds is 3. The van der Waals surface area contributed by atoms with Crippen LogP contribution in [0.1, 0.15) is 12.2 Å². The number of aliphatic hydroxyl groups is 1. The molecule has 1 fully saturated rings. The molecule has 7 nitrogen and oxygen atoms in total. The van der Waals surface area contributed by atoms with Gasteiger partial charge in [-0.15, -0.1) is 10.2 Å². The lowest BCUT2D eigenvalue weighted by molar-refractivity contribution is 0.191. The van der Waals surface area contributed by atoms with Crippen LogP contribution in [0.2, 0.25) is 0 Å². The average Bonchev–Trinajstić information content (AvgIpc) is 2.93. The van der Waals surface area contributed by atoms with Crippen LogP contribution in [0.25, 0.3) is 5.65 Å². The van der Waals surface area contributed by atoms with Crippen molar-refractivity contribution in [2.45, 2.75) is 25.5 Å². The predicted molar refractivity (Wildman–Crippen MR) is 75.8 cm³/mol. The number of aryl methyl sites for hydroxylation is 1. The molecule has 20 heavy (non-hydrogen) atoms. The molecule has 0 bridgehead atoms. The molecule has 0 amide bonds. The number of hydrogen-bond acceptors (Lipinski definition) is 6. The van der Waals surface area contributed by atoms with Crippen LogP contribution in [-0.4, -0.2) is 68.9 Å². The van der Waals surface area contributed by atoms with Gasteiger partial charge in [0, 0.05) is 31.5 Å². The zero-order valence-corrected chi connectivity index (χ0v) is 12.1. The average molecular weight is 276 g/mol. The van der Waals surface area contributed by atoms with Crippen molar-refractivity contribution >= 4 is 11.5 Å². The van der Waals surface area contributed by atoms with Crippen LogP contribution in [0.3, 0.4) is 0 Å². The Morgan fingerprint density at radius 2 is 2.20 bits per heavy atom. The van der Waals surface area contributed by atoms with Crippen molar-refractivity contribution < 1.29 is 5.11 Å². The van der Waals surface area contributed by atoms with Crippen LogP contribution < -0.4 is 4.90 Å². The first-order valence-corrected chi connectivity index (χ1v) is 6.82. The highest BCUT2D eigenvalue weighted by atomic mass is 16.3. The minimum absolute atomic E-state index is 0.246. The number of fused-ring (bicyclic) bond motifs is 1. The standard InChI is InChI=1S/C13H20N6O/c1-9-15-16-13-12(14-4-5-18(9)13)19-8-11(20)6-10(19)7-17(2)3/h4-5,10-11,20H,6-8H2,1-3H3. The number of β-amino-alcohol motifs (C(OH)–C–C–N with tert-alkyl or cyclic N) is 1. The maximum atomic E-state index is 9.99. The highest BCUT2D eigenvalue weighted by Gasteiger charge is 2.33. The second-order valence-electron chi connectivity index (χ2n) is 5.65. The summed E-state index contributed by atoms with van der Waals surface area (Å²) in [5.41, 5.74) is 0.753. The number of nitrogens with zero attached hydrogens (tertiary/aromatic N) is 6. The Hall–Kier alpha value is -1.73. The van der Waals surface area contributed by atoms with E-state index in [1.54, 1.807) is 6.20 Å². The van der Waals surface area contributed by atoms with Crippen molar-refractivity contribution in [1.29, 1.82) is 0 Å².